The van der Waals surface area contributed by atoms with Crippen LogP contribution in [0.3, 0.4) is 0 Å². The molecule has 3 N–H and O–H groups in total. The second-order valence-electron chi connectivity index (χ2n) is 5.62. The maximum Gasteiger partial charge on any atom is 0.130 e. The summed E-state index contributed by atoms with van der Waals surface area (Å²) >= 11 is 0. The van der Waals surface area contributed by atoms with E-state index in [-0.39, 0.29) is 23.0 Å². The van der Waals surface area contributed by atoms with E-state index in [4.69, 9.17) is 4.74 Å². The summed E-state index contributed by atoms with van der Waals surface area (Å²) in [6.07, 6.45) is -0.669. The van der Waals surface area contributed by atoms with E-state index in [0.717, 1.165) is 0 Å². The van der Waals surface area contributed by atoms with Gasteiger partial charge in [0.2, 0.25) is 0 Å². The number of phenols is 2. The van der Waals surface area contributed by atoms with Gasteiger partial charge in [0, 0.05) is 29.5 Å². The Morgan fingerprint density at radius 2 is 1.88 bits per heavy atom. The van der Waals surface area contributed by atoms with Crippen molar-refractivity contribution < 1.29 is 20.1 Å². The average Bonchev–Trinajstić information content (AvgIpc) is 2.16. The van der Waals surface area contributed by atoms with Crippen molar-refractivity contribution in [2.45, 2.75) is 39.4 Å². The van der Waals surface area contributed by atoms with Gasteiger partial charge in [-0.25, -0.2) is 0 Å². The zero-order valence-electron chi connectivity index (χ0n) is 10.3. The third kappa shape index (κ3) is 2.17. The van der Waals surface area contributed by atoms with Crippen LogP contribution >= 0.6 is 0 Å². The van der Waals surface area contributed by atoms with Crippen LogP contribution in [-0.2, 0) is 6.42 Å². The summed E-state index contributed by atoms with van der Waals surface area (Å²) in [6, 6.07) is 2.73. The maximum atomic E-state index is 10.0. The fraction of sp³-hybridized carbons (Fsp3) is 0.538. The summed E-state index contributed by atoms with van der Waals surface area (Å²) in [4.78, 5) is 0. The lowest BCUT2D eigenvalue weighted by Crippen LogP contribution is -2.46. The van der Waals surface area contributed by atoms with E-state index in [1.54, 1.807) is 0 Å². The van der Waals surface area contributed by atoms with Crippen LogP contribution in [0.5, 0.6) is 17.2 Å². The van der Waals surface area contributed by atoms with Gasteiger partial charge >= 0.3 is 0 Å². The Labute approximate surface area is 100 Å². The maximum absolute atomic E-state index is 10.0. The molecule has 17 heavy (non-hydrogen) atoms. The molecular weight excluding hydrogens is 220 g/mol. The second-order valence-corrected chi connectivity index (χ2v) is 5.62. The van der Waals surface area contributed by atoms with E-state index < -0.39 is 6.10 Å². The van der Waals surface area contributed by atoms with Crippen molar-refractivity contribution in [1.82, 2.24) is 0 Å². The molecule has 0 fully saturated rings. The third-order valence-electron chi connectivity index (χ3n) is 3.04. The first-order chi connectivity index (χ1) is 7.79. The Balaban J connectivity index is 2.41. The summed E-state index contributed by atoms with van der Waals surface area (Å²) in [5.74, 6) is 0.379. The number of aliphatic hydroxyl groups is 1. The Kier molecular flexibility index (Phi) is 2.70. The van der Waals surface area contributed by atoms with E-state index in [9.17, 15) is 15.3 Å². The Bertz CT molecular complexity index is 434. The van der Waals surface area contributed by atoms with Crippen molar-refractivity contribution in [3.63, 3.8) is 0 Å². The molecule has 2 rings (SSSR count). The number of aliphatic hydroxyl groups excluding tert-OH is 1. The molecule has 1 aromatic rings. The molecule has 94 valence electrons. The van der Waals surface area contributed by atoms with Crippen molar-refractivity contribution in [1.29, 1.82) is 0 Å². The summed E-state index contributed by atoms with van der Waals surface area (Å²) in [7, 11) is 0. The normalized spacial score (nSPS) is 24.0. The minimum absolute atomic E-state index is 0.0357. The molecule has 0 aromatic heterocycles. The van der Waals surface area contributed by atoms with Crippen LogP contribution in [0.15, 0.2) is 12.1 Å². The minimum Gasteiger partial charge on any atom is -0.508 e. The second kappa shape index (κ2) is 3.81. The van der Waals surface area contributed by atoms with E-state index in [1.807, 2.05) is 20.8 Å². The number of aromatic hydroxyl groups is 2. The first-order valence-electron chi connectivity index (χ1n) is 5.68. The van der Waals surface area contributed by atoms with Crippen LogP contribution < -0.4 is 4.74 Å². The highest BCUT2D eigenvalue weighted by Crippen LogP contribution is 2.41. The molecule has 1 heterocycles. The quantitative estimate of drug-likeness (QED) is 0.644. The molecule has 1 aromatic carbocycles. The minimum atomic E-state index is -0.655. The van der Waals surface area contributed by atoms with E-state index in [2.05, 4.69) is 0 Å². The molecular formula is C13H18O4. The molecule has 0 aliphatic carbocycles. The molecule has 0 saturated heterocycles. The predicted molar refractivity (Wildman–Crippen MR) is 63.4 cm³/mol. The first kappa shape index (κ1) is 12.0. The van der Waals surface area contributed by atoms with Gasteiger partial charge in [0.25, 0.3) is 0 Å². The summed E-state index contributed by atoms with van der Waals surface area (Å²) in [5.41, 5.74) is 0.342. The van der Waals surface area contributed by atoms with Crippen LogP contribution in [0.4, 0.5) is 0 Å². The van der Waals surface area contributed by atoms with Gasteiger partial charge in [-0.15, -0.1) is 0 Å². The number of hydrogen-bond acceptors (Lipinski definition) is 4. The SMILES string of the molecule is CC(C)(C)C1Oc2cc(O)cc(O)c2CC1O. The first-order valence-corrected chi connectivity index (χ1v) is 5.68. The fourth-order valence-electron chi connectivity index (χ4n) is 2.21. The average molecular weight is 238 g/mol. The molecule has 0 amide bonds. The van der Waals surface area contributed by atoms with Gasteiger partial charge in [-0.05, 0) is 0 Å². The molecule has 2 unspecified atom stereocenters. The van der Waals surface area contributed by atoms with Crippen molar-refractivity contribution in [2.24, 2.45) is 5.41 Å². The lowest BCUT2D eigenvalue weighted by molar-refractivity contribution is -0.0389. The molecule has 4 nitrogen and oxygen atoms in total. The van der Waals surface area contributed by atoms with Crippen LogP contribution in [0.25, 0.3) is 0 Å². The molecule has 0 bridgehead atoms. The highest BCUT2D eigenvalue weighted by atomic mass is 16.5. The lowest BCUT2D eigenvalue weighted by Gasteiger charge is -2.38. The summed E-state index contributed by atoms with van der Waals surface area (Å²) < 4.78 is 5.70. The largest absolute Gasteiger partial charge is 0.508 e. The number of phenolic OH excluding ortho intramolecular Hbond substituents is 2. The Hall–Kier alpha value is -1.42. The number of rotatable bonds is 0. The molecule has 2 atom stereocenters. The molecule has 0 saturated carbocycles. The van der Waals surface area contributed by atoms with E-state index in [1.165, 1.54) is 12.1 Å². The van der Waals surface area contributed by atoms with E-state index in [0.29, 0.717) is 17.7 Å². The van der Waals surface area contributed by atoms with E-state index >= 15 is 0 Å². The molecule has 4 heteroatoms. The van der Waals surface area contributed by atoms with Gasteiger partial charge in [0.05, 0.1) is 6.10 Å². The molecule has 0 spiro atoms. The van der Waals surface area contributed by atoms with Crippen molar-refractivity contribution in [2.75, 3.05) is 0 Å². The number of hydrogen-bond donors (Lipinski definition) is 3. The highest BCUT2D eigenvalue weighted by Gasteiger charge is 2.38. The van der Waals surface area contributed by atoms with Gasteiger partial charge in [-0.2, -0.15) is 0 Å². The third-order valence-corrected chi connectivity index (χ3v) is 3.04. The fourth-order valence-corrected chi connectivity index (χ4v) is 2.21. The summed E-state index contributed by atoms with van der Waals surface area (Å²) in [5, 5.41) is 29.2. The van der Waals surface area contributed by atoms with Crippen LogP contribution in [0.2, 0.25) is 0 Å². The number of fused-ring (bicyclic) bond motifs is 1. The highest BCUT2D eigenvalue weighted by molar-refractivity contribution is 5.51. The topological polar surface area (TPSA) is 69.9 Å². The van der Waals surface area contributed by atoms with Crippen molar-refractivity contribution >= 4 is 0 Å². The smallest absolute Gasteiger partial charge is 0.130 e. The van der Waals surface area contributed by atoms with Crippen LogP contribution in [0, 0.1) is 5.41 Å². The lowest BCUT2D eigenvalue weighted by atomic mass is 9.82. The predicted octanol–water partition coefficient (Wildman–Crippen LogP) is 1.81. The Morgan fingerprint density at radius 1 is 1.24 bits per heavy atom. The zero-order chi connectivity index (χ0) is 12.8. The number of benzene rings is 1. The zero-order valence-corrected chi connectivity index (χ0v) is 10.3. The van der Waals surface area contributed by atoms with Gasteiger partial charge in [-0.3, -0.25) is 0 Å². The Morgan fingerprint density at radius 3 is 2.47 bits per heavy atom. The molecule has 0 radical (unpaired) electrons. The molecule has 1 aliphatic heterocycles. The van der Waals surface area contributed by atoms with Gasteiger partial charge in [0.1, 0.15) is 23.4 Å². The van der Waals surface area contributed by atoms with Crippen LogP contribution in [-0.4, -0.2) is 27.5 Å². The van der Waals surface area contributed by atoms with Gasteiger partial charge in [-0.1, -0.05) is 20.8 Å². The summed E-state index contributed by atoms with van der Waals surface area (Å²) in [6.45, 7) is 5.94. The van der Waals surface area contributed by atoms with Gasteiger partial charge in [0.15, 0.2) is 0 Å². The molecule has 1 aliphatic rings. The number of ether oxygens (including phenoxy) is 1. The van der Waals surface area contributed by atoms with Crippen LogP contribution in [0.1, 0.15) is 26.3 Å². The van der Waals surface area contributed by atoms with Crippen molar-refractivity contribution in [3.8, 4) is 17.2 Å². The standard InChI is InChI=1S/C13H18O4/c1-13(2,3)12-10(16)6-8-9(15)4-7(14)5-11(8)17-12/h4-5,10,12,14-16H,6H2,1-3H3. The van der Waals surface area contributed by atoms with Gasteiger partial charge < -0.3 is 20.1 Å². The monoisotopic (exact) mass is 238 g/mol. The van der Waals surface area contributed by atoms with Crippen molar-refractivity contribution in [3.05, 3.63) is 17.7 Å².